The number of rotatable bonds is 3. The molecule has 0 unspecified atom stereocenters. The summed E-state index contributed by atoms with van der Waals surface area (Å²) in [5.41, 5.74) is 5.38. The van der Waals surface area contributed by atoms with E-state index < -0.39 is 0 Å². The molecule has 1 heterocycles. The number of aromatic nitrogens is 2. The maximum absolute atomic E-state index is 10.2. The van der Waals surface area contributed by atoms with Gasteiger partial charge in [0.25, 0.3) is 0 Å². The van der Waals surface area contributed by atoms with Crippen molar-refractivity contribution >= 4 is 16.8 Å². The molecule has 0 aliphatic heterocycles. The number of hydrogen-bond donors (Lipinski definition) is 3. The Morgan fingerprint density at radius 1 is 1.91 bits per heavy atom. The van der Waals surface area contributed by atoms with Crippen LogP contribution >= 0.6 is 0 Å². The van der Waals surface area contributed by atoms with Crippen LogP contribution in [0.5, 0.6) is 0 Å². The molecule has 4 N–H and O–H groups in total. The fourth-order valence-corrected chi connectivity index (χ4v) is 0.690. The van der Waals surface area contributed by atoms with Crippen molar-refractivity contribution in [3.8, 4) is 0 Å². The summed E-state index contributed by atoms with van der Waals surface area (Å²) in [5, 5.41) is 2.53. The molecule has 0 radical (unpaired) electrons. The molecule has 0 spiro atoms. The van der Waals surface area contributed by atoms with Gasteiger partial charge in [0.15, 0.2) is 0 Å². The van der Waals surface area contributed by atoms with Gasteiger partial charge in [0.05, 0.1) is 0 Å². The third-order valence-electron chi connectivity index (χ3n) is 0.972. The number of nitrogens with one attached hydrogen (secondary N) is 2. The first-order valence-corrected chi connectivity index (χ1v) is 3.17. The van der Waals surface area contributed by atoms with E-state index in [-0.39, 0.29) is 10.4 Å². The summed E-state index contributed by atoms with van der Waals surface area (Å²) in [6.07, 6.45) is 2.99. The van der Waals surface area contributed by atoms with Gasteiger partial charge in [-0.25, -0.2) is 0 Å². The van der Waals surface area contributed by atoms with Crippen LogP contribution in [0.15, 0.2) is 6.33 Å². The van der Waals surface area contributed by atoms with E-state index in [0.717, 1.165) is 0 Å². The van der Waals surface area contributed by atoms with Crippen LogP contribution in [0.1, 0.15) is 5.69 Å². The van der Waals surface area contributed by atoms with Crippen LogP contribution in [0.25, 0.3) is 0 Å². The number of nitrogens with zero attached hydrogens (tertiary/aromatic N) is 1. The molecular weight excluding hydrogens is 191 g/mol. The van der Waals surface area contributed by atoms with Gasteiger partial charge in [-0.1, -0.05) is 0 Å². The molecule has 0 saturated heterocycles. The summed E-state index contributed by atoms with van der Waals surface area (Å²) >= 11 is 4.25. The molecule has 1 aromatic rings. The van der Waals surface area contributed by atoms with Crippen LogP contribution < -0.4 is 11.1 Å². The Morgan fingerprint density at radius 2 is 2.64 bits per heavy atom. The monoisotopic (exact) mass is 195 g/mol. The molecule has 0 bridgehead atoms. The fraction of sp³-hybridized carbons (Fsp3) is 0. The van der Waals surface area contributed by atoms with E-state index in [9.17, 15) is 4.79 Å². The van der Waals surface area contributed by atoms with Crippen LogP contribution in [-0.4, -0.2) is 21.0 Å². The van der Waals surface area contributed by atoms with Gasteiger partial charge < -0.3 is 0 Å². The first-order valence-electron chi connectivity index (χ1n) is 2.67. The van der Waals surface area contributed by atoms with Crippen molar-refractivity contribution in [3.63, 3.8) is 0 Å². The standard InChI is InChI=1S/C5H5N4O.Ni/c6-2-7-5-4(1-10)8-3-9-5;/h3,7H,6H2,(H,8,9);/q-1;. The number of imidazole rings is 1. The maximum atomic E-state index is 10.2. The van der Waals surface area contributed by atoms with Gasteiger partial charge in [-0.15, -0.1) is 0 Å². The molecule has 1 rings (SSSR count). The Hall–Kier alpha value is -0.996. The van der Waals surface area contributed by atoms with E-state index in [0.29, 0.717) is 5.82 Å². The van der Waals surface area contributed by atoms with Gasteiger partial charge in [0.2, 0.25) is 0 Å². The van der Waals surface area contributed by atoms with Gasteiger partial charge in [0, 0.05) is 0 Å². The summed E-state index contributed by atoms with van der Waals surface area (Å²) in [6.45, 7) is 0. The van der Waals surface area contributed by atoms with Gasteiger partial charge in [0.1, 0.15) is 0 Å². The van der Waals surface area contributed by atoms with Crippen LogP contribution in [0, 0.1) is 0 Å². The predicted molar refractivity (Wildman–Crippen MR) is 36.2 cm³/mol. The van der Waals surface area contributed by atoms with Crippen molar-refractivity contribution in [2.45, 2.75) is 0 Å². The molecule has 0 saturated carbocycles. The Balaban J connectivity index is 2.84. The van der Waals surface area contributed by atoms with E-state index in [1.807, 2.05) is 0 Å². The molecule has 62 valence electrons. The van der Waals surface area contributed by atoms with E-state index >= 15 is 0 Å². The quantitative estimate of drug-likeness (QED) is 0.421. The minimum absolute atomic E-state index is 0.105. The molecule has 0 aliphatic rings. The number of anilines is 1. The fourth-order valence-electron chi connectivity index (χ4n) is 0.573. The normalized spacial score (nSPS) is 9.36. The Labute approximate surface area is 70.3 Å². The van der Waals surface area contributed by atoms with Crippen molar-refractivity contribution in [1.29, 1.82) is 0 Å². The summed E-state index contributed by atoms with van der Waals surface area (Å²) in [4.78, 5) is 16.4. The summed E-state index contributed by atoms with van der Waals surface area (Å²) in [5.74, 6) is 0.309. The van der Waals surface area contributed by atoms with Gasteiger partial charge in [-0.3, -0.25) is 0 Å². The van der Waals surface area contributed by atoms with E-state index in [4.69, 9.17) is 5.73 Å². The SMILES string of the molecule is N[C](=[Ni])Nc1nc[nH]c1[C-]=O. The molecule has 0 aromatic carbocycles. The Kier molecular flexibility index (Phi) is 2.51. The molecule has 5 nitrogen and oxygen atoms in total. The second kappa shape index (κ2) is 3.41. The molecule has 11 heavy (non-hydrogen) atoms. The van der Waals surface area contributed by atoms with Gasteiger partial charge in [-0.05, 0) is 0 Å². The summed E-state index contributed by atoms with van der Waals surface area (Å²) < 4.78 is 0.105. The molecular formula is C5H5N4NiO-. The topological polar surface area (TPSA) is 83.8 Å². The molecule has 0 atom stereocenters. The number of carbonyl (C=O) groups excluding carboxylic acids is 1. The summed E-state index contributed by atoms with van der Waals surface area (Å²) in [7, 11) is 0. The molecule has 0 amide bonds. The number of hydrogen-bond acceptors (Lipinski definition) is 4. The van der Waals surface area contributed by atoms with E-state index in [1.54, 1.807) is 6.29 Å². The Bertz CT molecular complexity index is 282. The predicted octanol–water partition coefficient (Wildman–Crippen LogP) is -1.13. The van der Waals surface area contributed by atoms with E-state index in [1.165, 1.54) is 6.33 Å². The number of nitrogens with two attached hydrogens (primary N) is 1. The minimum atomic E-state index is 0.105. The zero-order valence-corrected chi connectivity index (χ0v) is 6.31. The average molecular weight is 196 g/mol. The van der Waals surface area contributed by atoms with Crippen molar-refractivity contribution < 1.29 is 19.8 Å². The van der Waals surface area contributed by atoms with Gasteiger partial charge in [-0.2, -0.15) is 0 Å². The van der Waals surface area contributed by atoms with Crippen molar-refractivity contribution in [1.82, 2.24) is 9.97 Å². The zero-order chi connectivity index (χ0) is 8.27. The van der Waals surface area contributed by atoms with Crippen LogP contribution in [0.3, 0.4) is 0 Å². The van der Waals surface area contributed by atoms with Crippen molar-refractivity contribution in [2.24, 2.45) is 5.73 Å². The second-order valence-electron chi connectivity index (χ2n) is 1.67. The Morgan fingerprint density at radius 3 is 3.18 bits per heavy atom. The molecule has 6 heteroatoms. The number of H-pyrrole nitrogens is 1. The number of aromatic amines is 1. The molecule has 0 fully saturated rings. The first-order chi connectivity index (χ1) is 5.24. The second-order valence-corrected chi connectivity index (χ2v) is 2.20. The zero-order valence-electron chi connectivity index (χ0n) is 5.33. The van der Waals surface area contributed by atoms with Crippen molar-refractivity contribution in [3.05, 3.63) is 12.0 Å². The van der Waals surface area contributed by atoms with Crippen LogP contribution in [0.4, 0.5) is 5.82 Å². The van der Waals surface area contributed by atoms with Crippen LogP contribution in [-0.2, 0) is 19.8 Å². The van der Waals surface area contributed by atoms with E-state index in [2.05, 4.69) is 30.3 Å². The van der Waals surface area contributed by atoms with Gasteiger partial charge >= 0.3 is 69.7 Å². The first kappa shape index (κ1) is 8.10. The third kappa shape index (κ3) is 1.96. The molecule has 0 aliphatic carbocycles. The van der Waals surface area contributed by atoms with Crippen LogP contribution in [0.2, 0.25) is 0 Å². The van der Waals surface area contributed by atoms with Crippen molar-refractivity contribution in [2.75, 3.05) is 5.32 Å². The summed E-state index contributed by atoms with van der Waals surface area (Å²) in [6, 6.07) is 0. The molecule has 1 aromatic heterocycles. The third-order valence-corrected chi connectivity index (χ3v) is 1.09. The average Bonchev–Trinajstić information content (AvgIpc) is 2.34.